The van der Waals surface area contributed by atoms with Crippen molar-refractivity contribution in [3.8, 4) is 0 Å². The molecule has 0 aliphatic carbocycles. The van der Waals surface area contributed by atoms with Crippen LogP contribution < -0.4 is 5.32 Å². The van der Waals surface area contributed by atoms with Crippen molar-refractivity contribution in [3.05, 3.63) is 29.6 Å². The summed E-state index contributed by atoms with van der Waals surface area (Å²) in [6.45, 7) is 3.93. The van der Waals surface area contributed by atoms with E-state index >= 15 is 0 Å². The molecule has 0 amide bonds. The zero-order chi connectivity index (χ0) is 13.5. The number of hydrogen-bond donors (Lipinski definition) is 1. The number of anilines is 1. The van der Waals surface area contributed by atoms with Gasteiger partial charge in [-0.15, -0.1) is 0 Å². The first kappa shape index (κ1) is 14.5. The van der Waals surface area contributed by atoms with Crippen LogP contribution in [0.25, 0.3) is 0 Å². The van der Waals surface area contributed by atoms with E-state index in [1.807, 2.05) is 6.92 Å². The van der Waals surface area contributed by atoms with E-state index in [2.05, 4.69) is 12.2 Å². The number of carbonyl (C=O) groups excluding carboxylic acids is 1. The first-order valence-corrected chi connectivity index (χ1v) is 6.19. The fourth-order valence-electron chi connectivity index (χ4n) is 1.74. The number of esters is 1. The lowest BCUT2D eigenvalue weighted by molar-refractivity contribution is -0.141. The van der Waals surface area contributed by atoms with Gasteiger partial charge in [-0.3, -0.25) is 0 Å². The van der Waals surface area contributed by atoms with Crippen LogP contribution in [0.15, 0.2) is 18.2 Å². The van der Waals surface area contributed by atoms with Gasteiger partial charge in [0.2, 0.25) is 0 Å². The zero-order valence-electron chi connectivity index (χ0n) is 11.1. The molecular formula is C14H20FNO2. The molecule has 4 heteroatoms. The van der Waals surface area contributed by atoms with Crippen LogP contribution in [0, 0.1) is 12.7 Å². The van der Waals surface area contributed by atoms with Crippen LogP contribution in [0.1, 0.15) is 31.7 Å². The van der Waals surface area contributed by atoms with E-state index in [1.54, 1.807) is 6.07 Å². The van der Waals surface area contributed by atoms with Gasteiger partial charge < -0.3 is 10.1 Å². The third-order valence-electron chi connectivity index (χ3n) is 2.86. The normalized spacial score (nSPS) is 12.0. The van der Waals surface area contributed by atoms with Gasteiger partial charge in [0.05, 0.1) is 7.11 Å². The lowest BCUT2D eigenvalue weighted by Crippen LogP contribution is -2.31. The molecule has 0 bridgehead atoms. The van der Waals surface area contributed by atoms with Gasteiger partial charge in [0.15, 0.2) is 0 Å². The topological polar surface area (TPSA) is 38.3 Å². The van der Waals surface area contributed by atoms with Crippen LogP contribution >= 0.6 is 0 Å². The Morgan fingerprint density at radius 1 is 1.50 bits per heavy atom. The first-order valence-electron chi connectivity index (χ1n) is 6.19. The number of benzene rings is 1. The molecule has 0 saturated carbocycles. The summed E-state index contributed by atoms with van der Waals surface area (Å²) in [6.07, 6.45) is 2.59. The van der Waals surface area contributed by atoms with Gasteiger partial charge in [0.25, 0.3) is 0 Å². The number of ether oxygens (including phenoxy) is 1. The molecule has 100 valence electrons. The molecule has 1 aromatic carbocycles. The summed E-state index contributed by atoms with van der Waals surface area (Å²) in [7, 11) is 1.36. The maximum Gasteiger partial charge on any atom is 0.328 e. The van der Waals surface area contributed by atoms with Gasteiger partial charge in [-0.2, -0.15) is 0 Å². The quantitative estimate of drug-likeness (QED) is 0.791. The number of aryl methyl sites for hydroxylation is 1. The maximum absolute atomic E-state index is 13.2. The van der Waals surface area contributed by atoms with E-state index in [4.69, 9.17) is 4.74 Å². The molecule has 1 unspecified atom stereocenters. The number of hydrogen-bond acceptors (Lipinski definition) is 3. The van der Waals surface area contributed by atoms with Crippen molar-refractivity contribution in [1.82, 2.24) is 0 Å². The number of carbonyl (C=O) groups is 1. The predicted molar refractivity (Wildman–Crippen MR) is 70.1 cm³/mol. The van der Waals surface area contributed by atoms with Crippen LogP contribution in [0.5, 0.6) is 0 Å². The molecule has 18 heavy (non-hydrogen) atoms. The van der Waals surface area contributed by atoms with E-state index in [0.717, 1.165) is 18.4 Å². The highest BCUT2D eigenvalue weighted by Gasteiger charge is 2.19. The van der Waals surface area contributed by atoms with Gasteiger partial charge in [-0.25, -0.2) is 9.18 Å². The first-order chi connectivity index (χ1) is 8.58. The van der Waals surface area contributed by atoms with Crippen LogP contribution in [0.4, 0.5) is 10.1 Å². The Morgan fingerprint density at radius 3 is 2.83 bits per heavy atom. The second-order valence-electron chi connectivity index (χ2n) is 4.32. The summed E-state index contributed by atoms with van der Waals surface area (Å²) in [6, 6.07) is 4.07. The van der Waals surface area contributed by atoms with Crippen molar-refractivity contribution in [3.63, 3.8) is 0 Å². The molecule has 0 spiro atoms. The van der Waals surface area contributed by atoms with Gasteiger partial charge in [-0.1, -0.05) is 25.8 Å². The van der Waals surface area contributed by atoms with Crippen molar-refractivity contribution in [2.45, 2.75) is 39.2 Å². The molecule has 0 radical (unpaired) electrons. The lowest BCUT2D eigenvalue weighted by atomic mass is 10.1. The Labute approximate surface area is 107 Å². The molecule has 0 aliphatic heterocycles. The van der Waals surface area contributed by atoms with Crippen LogP contribution in [0.2, 0.25) is 0 Å². The summed E-state index contributed by atoms with van der Waals surface area (Å²) in [5.74, 6) is -0.630. The molecular weight excluding hydrogens is 233 g/mol. The predicted octanol–water partition coefficient (Wildman–Crippen LogP) is 3.28. The maximum atomic E-state index is 13.2. The molecule has 0 heterocycles. The average molecular weight is 253 g/mol. The van der Waals surface area contributed by atoms with E-state index in [9.17, 15) is 9.18 Å². The van der Waals surface area contributed by atoms with Gasteiger partial charge >= 0.3 is 5.97 Å². The smallest absolute Gasteiger partial charge is 0.328 e. The summed E-state index contributed by atoms with van der Waals surface area (Å²) < 4.78 is 17.9. The summed E-state index contributed by atoms with van der Waals surface area (Å²) in [4.78, 5) is 11.6. The number of nitrogens with one attached hydrogen (secondary N) is 1. The van der Waals surface area contributed by atoms with Crippen molar-refractivity contribution in [1.29, 1.82) is 0 Å². The van der Waals surface area contributed by atoms with Gasteiger partial charge in [0, 0.05) is 5.69 Å². The molecule has 0 aliphatic rings. The lowest BCUT2D eigenvalue weighted by Gasteiger charge is -2.18. The number of unbranched alkanes of at least 4 members (excludes halogenated alkanes) is 1. The number of halogens is 1. The van der Waals surface area contributed by atoms with Gasteiger partial charge in [-0.05, 0) is 31.0 Å². The standard InChI is InChI=1S/C14H20FNO2/c1-4-5-6-12(14(17)18-3)16-13-9-11(15)8-7-10(13)2/h7-9,12,16H,4-6H2,1-3H3. The Hall–Kier alpha value is -1.58. The Kier molecular flexibility index (Phi) is 5.62. The minimum absolute atomic E-state index is 0.313. The second-order valence-corrected chi connectivity index (χ2v) is 4.32. The van der Waals surface area contributed by atoms with Crippen LogP contribution in [-0.2, 0) is 9.53 Å². The molecule has 0 fully saturated rings. The zero-order valence-corrected chi connectivity index (χ0v) is 11.1. The van der Waals surface area contributed by atoms with E-state index in [-0.39, 0.29) is 11.8 Å². The van der Waals surface area contributed by atoms with Crippen molar-refractivity contribution in [2.75, 3.05) is 12.4 Å². The Bertz CT molecular complexity index is 407. The molecule has 0 aromatic heterocycles. The minimum Gasteiger partial charge on any atom is -0.467 e. The molecule has 1 rings (SSSR count). The minimum atomic E-state index is -0.421. The summed E-state index contributed by atoms with van der Waals surface area (Å²) in [5, 5.41) is 3.06. The fourth-order valence-corrected chi connectivity index (χ4v) is 1.74. The molecule has 1 N–H and O–H groups in total. The summed E-state index contributed by atoms with van der Waals surface area (Å²) in [5.41, 5.74) is 1.54. The third kappa shape index (κ3) is 4.02. The van der Waals surface area contributed by atoms with E-state index < -0.39 is 6.04 Å². The molecule has 0 saturated heterocycles. The Morgan fingerprint density at radius 2 is 2.22 bits per heavy atom. The Balaban J connectivity index is 2.81. The fraction of sp³-hybridized carbons (Fsp3) is 0.500. The van der Waals surface area contributed by atoms with Crippen molar-refractivity contribution in [2.24, 2.45) is 0 Å². The monoisotopic (exact) mass is 253 g/mol. The van der Waals surface area contributed by atoms with E-state index in [1.165, 1.54) is 19.2 Å². The second kappa shape index (κ2) is 6.99. The third-order valence-corrected chi connectivity index (χ3v) is 2.86. The largest absolute Gasteiger partial charge is 0.467 e. The van der Waals surface area contributed by atoms with Crippen molar-refractivity contribution < 1.29 is 13.9 Å². The average Bonchev–Trinajstić information content (AvgIpc) is 2.37. The number of rotatable bonds is 6. The van der Waals surface area contributed by atoms with E-state index in [0.29, 0.717) is 12.1 Å². The molecule has 1 aromatic rings. The highest BCUT2D eigenvalue weighted by Crippen LogP contribution is 2.19. The van der Waals surface area contributed by atoms with Gasteiger partial charge in [0.1, 0.15) is 11.9 Å². The van der Waals surface area contributed by atoms with Crippen LogP contribution in [-0.4, -0.2) is 19.1 Å². The number of methoxy groups -OCH3 is 1. The highest BCUT2D eigenvalue weighted by atomic mass is 19.1. The molecule has 1 atom stereocenters. The summed E-state index contributed by atoms with van der Waals surface area (Å²) >= 11 is 0. The SMILES string of the molecule is CCCCC(Nc1cc(F)ccc1C)C(=O)OC. The molecule has 3 nitrogen and oxygen atoms in total. The highest BCUT2D eigenvalue weighted by molar-refractivity contribution is 5.79. The van der Waals surface area contributed by atoms with Crippen molar-refractivity contribution >= 4 is 11.7 Å². The van der Waals surface area contributed by atoms with Crippen LogP contribution in [0.3, 0.4) is 0 Å².